The molecule has 0 saturated heterocycles. The first-order valence-corrected chi connectivity index (χ1v) is 12.6. The van der Waals surface area contributed by atoms with Gasteiger partial charge in [-0.15, -0.1) is 0 Å². The second-order valence-electron chi connectivity index (χ2n) is 5.65. The summed E-state index contributed by atoms with van der Waals surface area (Å²) in [6, 6.07) is 7.37. The van der Waals surface area contributed by atoms with E-state index in [-0.39, 0.29) is 70.1 Å². The van der Waals surface area contributed by atoms with Crippen LogP contribution in [0.1, 0.15) is 19.4 Å². The van der Waals surface area contributed by atoms with Gasteiger partial charge >= 0.3 is 26.2 Å². The third-order valence-electron chi connectivity index (χ3n) is 4.10. The Labute approximate surface area is 177 Å². The van der Waals surface area contributed by atoms with Gasteiger partial charge in [-0.2, -0.15) is 0 Å². The van der Waals surface area contributed by atoms with Gasteiger partial charge in [-0.1, -0.05) is 49.9 Å². The van der Waals surface area contributed by atoms with Gasteiger partial charge in [0.25, 0.3) is 0 Å². The molecule has 0 aromatic heterocycles. The average molecular weight is 475 g/mol. The minimum absolute atomic E-state index is 0. The summed E-state index contributed by atoms with van der Waals surface area (Å²) in [7, 11) is 1.26. The monoisotopic (exact) mass is 472 g/mol. The van der Waals surface area contributed by atoms with E-state index in [1.807, 2.05) is 0 Å². The van der Waals surface area contributed by atoms with E-state index in [9.17, 15) is 0 Å². The Kier molecular flexibility index (Phi) is 10.1. The van der Waals surface area contributed by atoms with Crippen molar-refractivity contribution in [2.75, 3.05) is 0 Å². The molecule has 1 aromatic rings. The molecule has 1 heterocycles. The molecule has 0 atom stereocenters. The van der Waals surface area contributed by atoms with E-state index < -0.39 is 0 Å². The van der Waals surface area contributed by atoms with Gasteiger partial charge in [0.1, 0.15) is 0 Å². The predicted molar refractivity (Wildman–Crippen MR) is 101 cm³/mol. The van der Waals surface area contributed by atoms with Crippen LogP contribution < -0.4 is 35.2 Å². The van der Waals surface area contributed by atoms with Gasteiger partial charge in [-0.25, -0.2) is 0 Å². The number of allylic oxidation sites excluding steroid dienone is 6. The Morgan fingerprint density at radius 1 is 0.826 bits per heavy atom. The number of rotatable bonds is 3. The zero-order valence-electron chi connectivity index (χ0n) is 14.0. The maximum atomic E-state index is 2.47. The summed E-state index contributed by atoms with van der Waals surface area (Å²) >= 11 is 0. The fourth-order valence-corrected chi connectivity index (χ4v) is 6.14. The SMILES string of the molecule is C[SiH2]c1cc([SiH2]C)cc(C2=CC(C)=C3P=C(C)C=C23)c1.[Cl-].[Cl-].[Zr+2]. The van der Waals surface area contributed by atoms with Crippen LogP contribution in [0.25, 0.3) is 5.57 Å². The van der Waals surface area contributed by atoms with Gasteiger partial charge in [-0.3, -0.25) is 0 Å². The van der Waals surface area contributed by atoms with Gasteiger partial charge in [0, 0.05) is 5.31 Å². The molecular formula is C17H21Cl2PSi2Zr. The molecule has 0 radical (unpaired) electrons. The molecule has 0 nitrogen and oxygen atoms in total. The van der Waals surface area contributed by atoms with E-state index in [1.54, 1.807) is 10.4 Å². The minimum Gasteiger partial charge on any atom is -1.00 e. The molecule has 120 valence electrons. The molecule has 0 N–H and O–H groups in total. The van der Waals surface area contributed by atoms with Crippen molar-refractivity contribution in [3.05, 3.63) is 52.4 Å². The van der Waals surface area contributed by atoms with Gasteiger partial charge < -0.3 is 24.8 Å². The first-order valence-electron chi connectivity index (χ1n) is 7.46. The van der Waals surface area contributed by atoms with Crippen molar-refractivity contribution in [2.45, 2.75) is 26.9 Å². The van der Waals surface area contributed by atoms with Crippen molar-refractivity contribution < 1.29 is 51.0 Å². The van der Waals surface area contributed by atoms with Gasteiger partial charge in [0.15, 0.2) is 0 Å². The molecule has 0 saturated carbocycles. The van der Waals surface area contributed by atoms with Crippen LogP contribution in [0.5, 0.6) is 0 Å². The average Bonchev–Trinajstić information content (AvgIpc) is 2.97. The smallest absolute Gasteiger partial charge is 1.00 e. The van der Waals surface area contributed by atoms with Crippen molar-refractivity contribution in [1.29, 1.82) is 0 Å². The fourth-order valence-electron chi connectivity index (χ4n) is 2.98. The van der Waals surface area contributed by atoms with Crippen LogP contribution in [0.3, 0.4) is 0 Å². The van der Waals surface area contributed by atoms with Crippen molar-refractivity contribution in [1.82, 2.24) is 0 Å². The van der Waals surface area contributed by atoms with Crippen molar-refractivity contribution in [2.24, 2.45) is 0 Å². The van der Waals surface area contributed by atoms with Crippen LogP contribution in [0.2, 0.25) is 13.1 Å². The first kappa shape index (κ1) is 23.5. The van der Waals surface area contributed by atoms with Crippen LogP contribution in [-0.2, 0) is 26.2 Å². The Morgan fingerprint density at radius 3 is 1.91 bits per heavy atom. The van der Waals surface area contributed by atoms with E-state index in [2.05, 4.69) is 57.3 Å². The molecule has 1 aromatic carbocycles. The number of hydrogen-bond acceptors (Lipinski definition) is 0. The van der Waals surface area contributed by atoms with Gasteiger partial charge in [0.2, 0.25) is 0 Å². The maximum absolute atomic E-state index is 2.47. The molecule has 2 aliphatic rings. The first-order chi connectivity index (χ1) is 9.62. The Morgan fingerprint density at radius 2 is 1.39 bits per heavy atom. The third kappa shape index (κ3) is 4.78. The van der Waals surface area contributed by atoms with Crippen molar-refractivity contribution in [3.63, 3.8) is 0 Å². The molecule has 0 bridgehead atoms. The van der Waals surface area contributed by atoms with Crippen LogP contribution in [0.15, 0.2) is 46.8 Å². The summed E-state index contributed by atoms with van der Waals surface area (Å²) < 4.78 is 0. The molecule has 0 unspecified atom stereocenters. The minimum atomic E-state index is -0.0769. The zero-order valence-corrected chi connectivity index (χ0v) is 21.7. The molecule has 3 rings (SSSR count). The number of hydrogen-bond donors (Lipinski definition) is 0. The predicted octanol–water partition coefficient (Wildman–Crippen LogP) is -3.87. The van der Waals surface area contributed by atoms with Crippen molar-refractivity contribution >= 4 is 48.5 Å². The second kappa shape index (κ2) is 9.85. The molecule has 23 heavy (non-hydrogen) atoms. The van der Waals surface area contributed by atoms with E-state index in [4.69, 9.17) is 0 Å². The number of fused-ring (bicyclic) bond motifs is 1. The zero-order chi connectivity index (χ0) is 14.3. The van der Waals surface area contributed by atoms with E-state index in [0.29, 0.717) is 0 Å². The van der Waals surface area contributed by atoms with Gasteiger partial charge in [-0.05, 0) is 53.6 Å². The van der Waals surface area contributed by atoms with Gasteiger partial charge in [0.05, 0.1) is 19.0 Å². The summed E-state index contributed by atoms with van der Waals surface area (Å²) in [5, 5.41) is 6.25. The molecule has 1 aliphatic carbocycles. The fraction of sp³-hybridized carbons (Fsp3) is 0.235. The summed E-state index contributed by atoms with van der Waals surface area (Å²) in [6.45, 7) is 9.28. The van der Waals surface area contributed by atoms with E-state index >= 15 is 0 Å². The summed E-state index contributed by atoms with van der Waals surface area (Å²) in [5.41, 5.74) is 5.88. The summed E-state index contributed by atoms with van der Waals surface area (Å²) in [4.78, 5) is 0. The number of halogens is 2. The summed E-state index contributed by atoms with van der Waals surface area (Å²) in [6.07, 6.45) is 4.79. The van der Waals surface area contributed by atoms with E-state index in [0.717, 1.165) is 0 Å². The maximum Gasteiger partial charge on any atom is 2.00 e. The van der Waals surface area contributed by atoms with Crippen molar-refractivity contribution in [3.8, 4) is 0 Å². The molecule has 6 heteroatoms. The van der Waals surface area contributed by atoms with Crippen LogP contribution in [0, 0.1) is 0 Å². The standard InChI is InChI=1S/C17H21PSi2.2ClH.Zr/c1-10-5-15(16-6-11(2)18-17(10)16)12-7-13(19-3)9-14(8-12)20-4;;;/h5-9H,19-20H2,1-4H3;2*1H;/q;;;+2/p-2. The Balaban J connectivity index is 0.00000161. The van der Waals surface area contributed by atoms with Crippen LogP contribution in [0.4, 0.5) is 0 Å². The topological polar surface area (TPSA) is 0 Å². The third-order valence-corrected chi connectivity index (χ3v) is 7.85. The summed E-state index contributed by atoms with van der Waals surface area (Å²) in [5.74, 6) is 0. The molecule has 0 fully saturated rings. The second-order valence-corrected chi connectivity index (χ2v) is 10.1. The Bertz CT molecular complexity index is 699. The number of benzene rings is 1. The normalized spacial score (nSPS) is 16.6. The largest absolute Gasteiger partial charge is 2.00 e. The van der Waals surface area contributed by atoms with Crippen LogP contribution in [-0.4, -0.2) is 24.3 Å². The molecule has 0 spiro atoms. The Hall–Kier alpha value is 0.507. The molecule has 1 aliphatic heterocycles. The molecule has 0 amide bonds. The van der Waals surface area contributed by atoms with E-state index in [1.165, 1.54) is 41.1 Å². The molecular weight excluding hydrogens is 453 g/mol. The van der Waals surface area contributed by atoms with Crippen LogP contribution >= 0.6 is 8.20 Å². The quantitative estimate of drug-likeness (QED) is 0.311.